The van der Waals surface area contributed by atoms with Gasteiger partial charge in [0.05, 0.1) is 19.6 Å². The zero-order valence-corrected chi connectivity index (χ0v) is 12.4. The number of hydrogen-bond acceptors (Lipinski definition) is 5. The predicted octanol–water partition coefficient (Wildman–Crippen LogP) is 2.13. The van der Waals surface area contributed by atoms with E-state index in [2.05, 4.69) is 11.4 Å². The summed E-state index contributed by atoms with van der Waals surface area (Å²) >= 11 is 1.73. The van der Waals surface area contributed by atoms with Crippen LogP contribution in [0.15, 0.2) is 17.5 Å². The lowest BCUT2D eigenvalue weighted by Crippen LogP contribution is -2.28. The molecule has 0 aliphatic heterocycles. The molecule has 4 nitrogen and oxygen atoms in total. The van der Waals surface area contributed by atoms with E-state index in [1.54, 1.807) is 18.3 Å². The number of ketones is 1. The lowest BCUT2D eigenvalue weighted by Gasteiger charge is -2.14. The van der Waals surface area contributed by atoms with Gasteiger partial charge < -0.3 is 4.74 Å². The maximum Gasteiger partial charge on any atom is 0.306 e. The van der Waals surface area contributed by atoms with Gasteiger partial charge in [0.25, 0.3) is 0 Å². The van der Waals surface area contributed by atoms with Gasteiger partial charge >= 0.3 is 5.97 Å². The molecule has 0 saturated carbocycles. The van der Waals surface area contributed by atoms with Gasteiger partial charge in [0.15, 0.2) is 0 Å². The average Bonchev–Trinajstić information content (AvgIpc) is 2.87. The number of rotatable bonds is 9. The third-order valence-electron chi connectivity index (χ3n) is 2.68. The van der Waals surface area contributed by atoms with Gasteiger partial charge in [-0.2, -0.15) is 0 Å². The maximum absolute atomic E-state index is 11.7. The Kier molecular flexibility index (Phi) is 7.36. The topological polar surface area (TPSA) is 46.6 Å². The van der Waals surface area contributed by atoms with E-state index >= 15 is 0 Å². The Morgan fingerprint density at radius 3 is 2.79 bits per heavy atom. The maximum atomic E-state index is 11.7. The number of esters is 1. The summed E-state index contributed by atoms with van der Waals surface area (Å²) in [6.07, 6.45) is 1.41. The number of hydrogen-bond donors (Lipinski definition) is 0. The molecule has 0 bridgehead atoms. The van der Waals surface area contributed by atoms with Gasteiger partial charge in [-0.3, -0.25) is 14.5 Å². The van der Waals surface area contributed by atoms with Crippen LogP contribution in [0.3, 0.4) is 0 Å². The van der Waals surface area contributed by atoms with E-state index in [-0.39, 0.29) is 24.6 Å². The van der Waals surface area contributed by atoms with Gasteiger partial charge in [-0.25, -0.2) is 0 Å². The minimum atomic E-state index is -0.294. The SMILES string of the molecule is CCOC(=O)CCC(=O)CN(C)CCc1cccs1. The van der Waals surface area contributed by atoms with Crippen molar-refractivity contribution in [2.75, 3.05) is 26.7 Å². The molecular weight excluding hydrogens is 262 g/mol. The van der Waals surface area contributed by atoms with Crippen molar-refractivity contribution in [3.63, 3.8) is 0 Å². The van der Waals surface area contributed by atoms with Gasteiger partial charge in [0.2, 0.25) is 0 Å². The molecule has 0 spiro atoms. The van der Waals surface area contributed by atoms with Crippen LogP contribution >= 0.6 is 11.3 Å². The molecule has 0 aliphatic rings. The van der Waals surface area contributed by atoms with E-state index in [9.17, 15) is 9.59 Å². The number of Topliss-reactive ketones (excluding diaryl/α,β-unsaturated/α-hetero) is 1. The lowest BCUT2D eigenvalue weighted by atomic mass is 10.2. The first-order valence-corrected chi connectivity index (χ1v) is 7.38. The average molecular weight is 283 g/mol. The fraction of sp³-hybridized carbons (Fsp3) is 0.571. The molecule has 0 fully saturated rings. The smallest absolute Gasteiger partial charge is 0.306 e. The molecule has 0 radical (unpaired) electrons. The summed E-state index contributed by atoms with van der Waals surface area (Å²) < 4.78 is 4.79. The van der Waals surface area contributed by atoms with Gasteiger partial charge in [-0.1, -0.05) is 6.07 Å². The molecule has 0 amide bonds. The van der Waals surface area contributed by atoms with Crippen molar-refractivity contribution in [3.05, 3.63) is 22.4 Å². The van der Waals surface area contributed by atoms with Crippen LogP contribution in [0.2, 0.25) is 0 Å². The monoisotopic (exact) mass is 283 g/mol. The molecule has 0 aromatic carbocycles. The molecule has 106 valence electrons. The fourth-order valence-corrected chi connectivity index (χ4v) is 2.39. The molecule has 5 heteroatoms. The molecule has 0 N–H and O–H groups in total. The predicted molar refractivity (Wildman–Crippen MR) is 76.4 cm³/mol. The van der Waals surface area contributed by atoms with E-state index in [0.29, 0.717) is 13.2 Å². The van der Waals surface area contributed by atoms with Gasteiger partial charge in [0.1, 0.15) is 5.78 Å². The van der Waals surface area contributed by atoms with Gasteiger partial charge in [-0.05, 0) is 31.8 Å². The third kappa shape index (κ3) is 7.08. The molecule has 19 heavy (non-hydrogen) atoms. The molecule has 1 aromatic rings. The molecule has 0 unspecified atom stereocenters. The Balaban J connectivity index is 2.15. The molecule has 1 rings (SSSR count). The minimum Gasteiger partial charge on any atom is -0.466 e. The quantitative estimate of drug-likeness (QED) is 0.651. The van der Waals surface area contributed by atoms with E-state index in [4.69, 9.17) is 4.74 Å². The molecule has 0 atom stereocenters. The first kappa shape index (κ1) is 15.9. The van der Waals surface area contributed by atoms with Crippen LogP contribution in [0, 0.1) is 0 Å². The Morgan fingerprint density at radius 2 is 2.16 bits per heavy atom. The standard InChI is InChI=1S/C14H21NO3S/c1-3-18-14(17)7-6-12(16)11-15(2)9-8-13-5-4-10-19-13/h4-5,10H,3,6-9,11H2,1-2H3. The Bertz CT molecular complexity index is 389. The largest absolute Gasteiger partial charge is 0.466 e. The molecular formula is C14H21NO3S. The zero-order valence-electron chi connectivity index (χ0n) is 11.6. The van der Waals surface area contributed by atoms with Crippen LogP contribution in [0.5, 0.6) is 0 Å². The van der Waals surface area contributed by atoms with Crippen molar-refractivity contribution >= 4 is 23.1 Å². The van der Waals surface area contributed by atoms with Crippen molar-refractivity contribution in [2.45, 2.75) is 26.2 Å². The Hall–Kier alpha value is -1.20. The summed E-state index contributed by atoms with van der Waals surface area (Å²) in [5.41, 5.74) is 0. The van der Waals surface area contributed by atoms with Gasteiger partial charge in [-0.15, -0.1) is 11.3 Å². The highest BCUT2D eigenvalue weighted by atomic mass is 32.1. The number of ether oxygens (including phenoxy) is 1. The highest BCUT2D eigenvalue weighted by Crippen LogP contribution is 2.09. The van der Waals surface area contributed by atoms with Crippen molar-refractivity contribution in [3.8, 4) is 0 Å². The summed E-state index contributed by atoms with van der Waals surface area (Å²) in [7, 11) is 1.93. The highest BCUT2D eigenvalue weighted by molar-refractivity contribution is 7.09. The normalized spacial score (nSPS) is 10.7. The van der Waals surface area contributed by atoms with Crippen LogP contribution in [0.1, 0.15) is 24.6 Å². The van der Waals surface area contributed by atoms with E-state index in [1.165, 1.54) is 4.88 Å². The van der Waals surface area contributed by atoms with Gasteiger partial charge in [0, 0.05) is 17.8 Å². The van der Waals surface area contributed by atoms with Crippen molar-refractivity contribution in [2.24, 2.45) is 0 Å². The second kappa shape index (κ2) is 8.82. The van der Waals surface area contributed by atoms with Crippen LogP contribution in [-0.4, -0.2) is 43.4 Å². The highest BCUT2D eigenvalue weighted by Gasteiger charge is 2.10. The summed E-state index contributed by atoms with van der Waals surface area (Å²) in [6, 6.07) is 4.13. The van der Waals surface area contributed by atoms with Crippen molar-refractivity contribution < 1.29 is 14.3 Å². The summed E-state index contributed by atoms with van der Waals surface area (Å²) in [4.78, 5) is 26.1. The molecule has 1 heterocycles. The van der Waals surface area contributed by atoms with Crippen LogP contribution in [0.25, 0.3) is 0 Å². The van der Waals surface area contributed by atoms with E-state index < -0.39 is 0 Å². The summed E-state index contributed by atoms with van der Waals surface area (Å²) in [6.45, 7) is 3.38. The van der Waals surface area contributed by atoms with E-state index in [0.717, 1.165) is 13.0 Å². The van der Waals surface area contributed by atoms with Crippen molar-refractivity contribution in [1.82, 2.24) is 4.90 Å². The molecule has 1 aromatic heterocycles. The number of nitrogens with zero attached hydrogens (tertiary/aromatic N) is 1. The van der Waals surface area contributed by atoms with E-state index in [1.807, 2.05) is 18.0 Å². The number of carbonyl (C=O) groups excluding carboxylic acids is 2. The number of thiophene rings is 1. The zero-order chi connectivity index (χ0) is 14.1. The number of likely N-dealkylation sites (N-methyl/N-ethyl adjacent to an activating group) is 1. The summed E-state index contributed by atoms with van der Waals surface area (Å²) in [5.74, 6) is -0.209. The minimum absolute atomic E-state index is 0.0849. The van der Waals surface area contributed by atoms with Crippen LogP contribution in [-0.2, 0) is 20.7 Å². The Labute approximate surface area is 118 Å². The molecule has 0 aliphatic carbocycles. The van der Waals surface area contributed by atoms with Crippen LogP contribution < -0.4 is 0 Å². The first-order valence-electron chi connectivity index (χ1n) is 6.50. The fourth-order valence-electron chi connectivity index (χ4n) is 1.69. The summed E-state index contributed by atoms with van der Waals surface area (Å²) in [5, 5.41) is 2.06. The number of carbonyl (C=O) groups is 2. The first-order chi connectivity index (χ1) is 9.11. The molecule has 0 saturated heterocycles. The van der Waals surface area contributed by atoms with Crippen LogP contribution in [0.4, 0.5) is 0 Å². The second-order valence-corrected chi connectivity index (χ2v) is 5.44. The third-order valence-corrected chi connectivity index (χ3v) is 3.62. The Morgan fingerprint density at radius 1 is 1.37 bits per heavy atom. The second-order valence-electron chi connectivity index (χ2n) is 4.41. The lowest BCUT2D eigenvalue weighted by molar-refractivity contribution is -0.144. The van der Waals surface area contributed by atoms with Crippen molar-refractivity contribution in [1.29, 1.82) is 0 Å².